The van der Waals surface area contributed by atoms with E-state index in [4.69, 9.17) is 14.2 Å². The van der Waals surface area contributed by atoms with Crippen LogP contribution in [0.2, 0.25) is 0 Å². The zero-order valence-corrected chi connectivity index (χ0v) is 14.0. The molecule has 1 atom stereocenters. The number of hydrogen-bond donors (Lipinski definition) is 0. The van der Waals surface area contributed by atoms with Crippen molar-refractivity contribution in [2.75, 3.05) is 26.8 Å². The van der Waals surface area contributed by atoms with E-state index >= 15 is 0 Å². The number of likely N-dealkylation sites (tertiary alicyclic amines) is 1. The van der Waals surface area contributed by atoms with E-state index in [2.05, 4.69) is 0 Å². The molecule has 24 heavy (non-hydrogen) atoms. The van der Waals surface area contributed by atoms with Crippen molar-refractivity contribution >= 4 is 12.1 Å². The zero-order valence-electron chi connectivity index (χ0n) is 14.0. The summed E-state index contributed by atoms with van der Waals surface area (Å²) in [4.78, 5) is 25.5. The molecule has 1 aromatic rings. The summed E-state index contributed by atoms with van der Waals surface area (Å²) in [7, 11) is 1.54. The average Bonchev–Trinajstić information content (AvgIpc) is 3.01. The topological polar surface area (TPSA) is 65.1 Å². The highest BCUT2D eigenvalue weighted by atomic mass is 16.6. The number of amides is 1. The highest BCUT2D eigenvalue weighted by Gasteiger charge is 2.27. The highest BCUT2D eigenvalue weighted by molar-refractivity contribution is 5.74. The molecule has 2 aliphatic rings. The van der Waals surface area contributed by atoms with Gasteiger partial charge in [-0.15, -0.1) is 0 Å². The fraction of sp³-hybridized carbons (Fsp3) is 0.556. The summed E-state index contributed by atoms with van der Waals surface area (Å²) in [5.41, 5.74) is 0.966. The van der Waals surface area contributed by atoms with E-state index in [0.717, 1.165) is 44.3 Å². The standard InChI is InChI=1S/C18H23NO5/c1-22-16-12-13(11-14-7-10-23-17(14)20)5-6-15(16)24-18(21)19-8-3-2-4-9-19/h5-6,12,14H,2-4,7-11H2,1H3. The third-order valence-corrected chi connectivity index (χ3v) is 4.57. The van der Waals surface area contributed by atoms with Crippen LogP contribution in [0.4, 0.5) is 4.79 Å². The van der Waals surface area contributed by atoms with Crippen LogP contribution in [-0.2, 0) is 16.0 Å². The number of nitrogens with zero attached hydrogens (tertiary/aromatic N) is 1. The molecule has 2 heterocycles. The van der Waals surface area contributed by atoms with E-state index in [9.17, 15) is 9.59 Å². The van der Waals surface area contributed by atoms with Crippen LogP contribution < -0.4 is 9.47 Å². The van der Waals surface area contributed by atoms with Gasteiger partial charge in [-0.05, 0) is 49.8 Å². The fourth-order valence-corrected chi connectivity index (χ4v) is 3.17. The van der Waals surface area contributed by atoms with E-state index in [1.54, 1.807) is 18.1 Å². The van der Waals surface area contributed by atoms with Gasteiger partial charge in [0, 0.05) is 13.1 Å². The zero-order chi connectivity index (χ0) is 16.9. The first-order chi connectivity index (χ1) is 11.7. The normalized spacial score (nSPS) is 20.6. The predicted octanol–water partition coefficient (Wildman–Crippen LogP) is 2.79. The third-order valence-electron chi connectivity index (χ3n) is 4.57. The van der Waals surface area contributed by atoms with Crippen LogP contribution in [0.1, 0.15) is 31.2 Å². The minimum Gasteiger partial charge on any atom is -0.493 e. The number of carbonyl (C=O) groups excluding carboxylic acids is 2. The van der Waals surface area contributed by atoms with Crippen molar-refractivity contribution in [2.24, 2.45) is 5.92 Å². The molecule has 6 heteroatoms. The SMILES string of the molecule is COc1cc(CC2CCOC2=O)ccc1OC(=O)N1CCCCC1. The Kier molecular flexibility index (Phi) is 5.23. The van der Waals surface area contributed by atoms with Crippen molar-refractivity contribution in [2.45, 2.75) is 32.1 Å². The first kappa shape index (κ1) is 16.6. The van der Waals surface area contributed by atoms with Gasteiger partial charge in [0.05, 0.1) is 19.6 Å². The number of hydrogen-bond acceptors (Lipinski definition) is 5. The van der Waals surface area contributed by atoms with Gasteiger partial charge in [0.15, 0.2) is 11.5 Å². The van der Waals surface area contributed by atoms with Gasteiger partial charge in [0.2, 0.25) is 0 Å². The van der Waals surface area contributed by atoms with Crippen LogP contribution in [0.15, 0.2) is 18.2 Å². The lowest BCUT2D eigenvalue weighted by Crippen LogP contribution is -2.37. The minimum atomic E-state index is -0.333. The van der Waals surface area contributed by atoms with Gasteiger partial charge in [-0.25, -0.2) is 4.79 Å². The molecule has 0 spiro atoms. The third kappa shape index (κ3) is 3.80. The summed E-state index contributed by atoms with van der Waals surface area (Å²) < 4.78 is 15.8. The number of cyclic esters (lactones) is 1. The van der Waals surface area contributed by atoms with Crippen LogP contribution in [0, 0.1) is 5.92 Å². The van der Waals surface area contributed by atoms with E-state index < -0.39 is 0 Å². The first-order valence-corrected chi connectivity index (χ1v) is 8.47. The molecular formula is C18H23NO5. The van der Waals surface area contributed by atoms with Crippen LogP contribution in [0.5, 0.6) is 11.5 Å². The van der Waals surface area contributed by atoms with Gasteiger partial charge in [-0.3, -0.25) is 4.79 Å². The van der Waals surface area contributed by atoms with Crippen LogP contribution in [-0.4, -0.2) is 43.8 Å². The van der Waals surface area contributed by atoms with Crippen molar-refractivity contribution in [3.05, 3.63) is 23.8 Å². The van der Waals surface area contributed by atoms with Crippen molar-refractivity contribution in [3.63, 3.8) is 0 Å². The van der Waals surface area contributed by atoms with Gasteiger partial charge in [-0.2, -0.15) is 0 Å². The summed E-state index contributed by atoms with van der Waals surface area (Å²) in [6.07, 6.45) is 4.21. The molecular weight excluding hydrogens is 310 g/mol. The Morgan fingerprint density at radius 1 is 1.25 bits per heavy atom. The van der Waals surface area contributed by atoms with E-state index in [-0.39, 0.29) is 18.0 Å². The summed E-state index contributed by atoms with van der Waals surface area (Å²) in [5, 5.41) is 0. The molecule has 0 radical (unpaired) electrons. The van der Waals surface area contributed by atoms with E-state index in [0.29, 0.717) is 24.5 Å². The van der Waals surface area contributed by atoms with Gasteiger partial charge in [-0.1, -0.05) is 6.07 Å². The Hall–Kier alpha value is -2.24. The average molecular weight is 333 g/mol. The molecule has 0 N–H and O–H groups in total. The summed E-state index contributed by atoms with van der Waals surface area (Å²) in [6.45, 7) is 1.97. The van der Waals surface area contributed by atoms with Gasteiger partial charge in [0.1, 0.15) is 0 Å². The molecule has 2 aliphatic heterocycles. The largest absolute Gasteiger partial charge is 0.493 e. The van der Waals surface area contributed by atoms with Gasteiger partial charge >= 0.3 is 12.1 Å². The molecule has 1 aromatic carbocycles. The van der Waals surface area contributed by atoms with Gasteiger partial charge in [0.25, 0.3) is 0 Å². The van der Waals surface area contributed by atoms with E-state index in [1.807, 2.05) is 12.1 Å². The maximum Gasteiger partial charge on any atom is 0.415 e. The van der Waals surface area contributed by atoms with Crippen molar-refractivity contribution < 1.29 is 23.8 Å². The van der Waals surface area contributed by atoms with Crippen molar-refractivity contribution in [1.82, 2.24) is 4.90 Å². The molecule has 0 aliphatic carbocycles. The van der Waals surface area contributed by atoms with Crippen LogP contribution in [0.25, 0.3) is 0 Å². The number of rotatable bonds is 4. The Morgan fingerprint density at radius 3 is 2.71 bits per heavy atom. The molecule has 6 nitrogen and oxygen atoms in total. The lowest BCUT2D eigenvalue weighted by atomic mass is 9.98. The summed E-state index contributed by atoms with van der Waals surface area (Å²) >= 11 is 0. The number of esters is 1. The highest BCUT2D eigenvalue weighted by Crippen LogP contribution is 2.31. The monoisotopic (exact) mass is 333 g/mol. The molecule has 0 bridgehead atoms. The lowest BCUT2D eigenvalue weighted by Gasteiger charge is -2.26. The molecule has 1 amide bonds. The number of carbonyl (C=O) groups is 2. The maximum atomic E-state index is 12.2. The summed E-state index contributed by atoms with van der Waals surface area (Å²) in [6, 6.07) is 5.42. The second-order valence-corrected chi connectivity index (χ2v) is 6.26. The summed E-state index contributed by atoms with van der Waals surface area (Å²) in [5.74, 6) is 0.668. The second-order valence-electron chi connectivity index (χ2n) is 6.26. The van der Waals surface area contributed by atoms with Crippen LogP contribution >= 0.6 is 0 Å². The smallest absolute Gasteiger partial charge is 0.415 e. The number of benzene rings is 1. The fourth-order valence-electron chi connectivity index (χ4n) is 3.17. The van der Waals surface area contributed by atoms with Crippen molar-refractivity contribution in [1.29, 1.82) is 0 Å². The lowest BCUT2D eigenvalue weighted by molar-refractivity contribution is -0.141. The Labute approximate surface area is 141 Å². The Morgan fingerprint density at radius 2 is 2.04 bits per heavy atom. The molecule has 130 valence electrons. The Balaban J connectivity index is 1.67. The molecule has 0 saturated carbocycles. The van der Waals surface area contributed by atoms with E-state index in [1.165, 1.54) is 0 Å². The molecule has 3 rings (SSSR count). The maximum absolute atomic E-state index is 12.2. The van der Waals surface area contributed by atoms with Crippen LogP contribution in [0.3, 0.4) is 0 Å². The second kappa shape index (κ2) is 7.55. The van der Waals surface area contributed by atoms with Crippen molar-refractivity contribution in [3.8, 4) is 11.5 Å². The molecule has 2 saturated heterocycles. The quantitative estimate of drug-likeness (QED) is 0.793. The number of methoxy groups -OCH3 is 1. The molecule has 1 unspecified atom stereocenters. The predicted molar refractivity (Wildman–Crippen MR) is 87.2 cm³/mol. The first-order valence-electron chi connectivity index (χ1n) is 8.47. The molecule has 0 aromatic heterocycles. The number of piperidine rings is 1. The molecule has 2 fully saturated rings. The number of ether oxygens (including phenoxy) is 3. The Bertz CT molecular complexity index is 609. The van der Waals surface area contributed by atoms with Gasteiger partial charge < -0.3 is 19.1 Å². The minimum absolute atomic E-state index is 0.101.